The third-order valence-corrected chi connectivity index (χ3v) is 14.4. The molecule has 338 valence electrons. The van der Waals surface area contributed by atoms with Gasteiger partial charge < -0.3 is 9.32 Å². The van der Waals surface area contributed by atoms with Crippen molar-refractivity contribution in [3.05, 3.63) is 236 Å². The lowest BCUT2D eigenvalue weighted by molar-refractivity contribution is 0.569. The maximum absolute atomic E-state index is 6.33. The molecule has 0 aliphatic carbocycles. The third-order valence-electron chi connectivity index (χ3n) is 14.4. The van der Waals surface area contributed by atoms with Crippen LogP contribution in [0, 0.1) is 0 Å². The number of nitrogens with zero attached hydrogens (tertiary/aromatic N) is 1. The molecule has 12 rings (SSSR count). The number of rotatable bonds is 7. The van der Waals surface area contributed by atoms with Crippen LogP contribution in [0.4, 0.5) is 17.1 Å². The third kappa shape index (κ3) is 7.52. The van der Waals surface area contributed by atoms with E-state index in [2.05, 4.69) is 265 Å². The van der Waals surface area contributed by atoms with Gasteiger partial charge in [0, 0.05) is 27.7 Å². The number of para-hydroxylation sites is 2. The van der Waals surface area contributed by atoms with Crippen molar-refractivity contribution in [2.45, 2.75) is 52.4 Å². The first kappa shape index (κ1) is 43.1. The summed E-state index contributed by atoms with van der Waals surface area (Å²) in [4.78, 5) is 2.44. The molecule has 1 heterocycles. The molecule has 0 aliphatic rings. The maximum Gasteiger partial charge on any atom is 0.136 e. The quantitative estimate of drug-likeness (QED) is 0.148. The van der Waals surface area contributed by atoms with Crippen LogP contribution in [0.25, 0.3) is 98.8 Å². The van der Waals surface area contributed by atoms with Gasteiger partial charge in [-0.05, 0) is 136 Å². The second-order valence-electron chi connectivity index (χ2n) is 20.9. The zero-order valence-electron chi connectivity index (χ0n) is 40.7. The van der Waals surface area contributed by atoms with Gasteiger partial charge in [0.15, 0.2) is 0 Å². The molecule has 2 heteroatoms. The summed E-state index contributed by atoms with van der Waals surface area (Å²) in [6.07, 6.45) is 0. The Morgan fingerprint density at radius 2 is 0.814 bits per heavy atom. The monoisotopic (exact) mass is 901 g/mol. The second kappa shape index (κ2) is 16.8. The minimum absolute atomic E-state index is 0.0115. The molecule has 0 atom stereocenters. The normalized spacial score (nSPS) is 12.1. The minimum Gasteiger partial charge on any atom is -0.456 e. The molecule has 0 saturated carbocycles. The van der Waals surface area contributed by atoms with Gasteiger partial charge in [-0.15, -0.1) is 0 Å². The van der Waals surface area contributed by atoms with E-state index in [0.717, 1.165) is 55.7 Å². The average Bonchev–Trinajstić information content (AvgIpc) is 3.77. The standard InChI is InChI=1S/C68H55NO/c1-67(2,3)49-41-48(42-50(43-49)68(4,5)6)56-24-13-18-47-19-14-27-60(65(47)56)59-21-9-11-28-62(59)69(52-38-33-46(34-39-52)55-25-16-30-64-66(55)61-22-10-12-29-63(61)70-64)51-36-31-45(32-37-51)54-23-15-26-57-53-20-8-7-17-44(53)35-40-58(54)57/h7-43H,1-6H3. The molecule has 0 N–H and O–H groups in total. The van der Waals surface area contributed by atoms with Crippen molar-refractivity contribution in [2.75, 3.05) is 4.90 Å². The zero-order chi connectivity index (χ0) is 47.7. The molecule has 0 bridgehead atoms. The van der Waals surface area contributed by atoms with Crippen LogP contribution in [0.5, 0.6) is 0 Å². The van der Waals surface area contributed by atoms with Crippen molar-refractivity contribution in [1.29, 1.82) is 0 Å². The Bertz CT molecular complexity index is 3910. The molecule has 0 aliphatic heterocycles. The van der Waals surface area contributed by atoms with Gasteiger partial charge in [-0.3, -0.25) is 0 Å². The van der Waals surface area contributed by atoms with Crippen molar-refractivity contribution in [2.24, 2.45) is 0 Å². The highest BCUT2D eigenvalue weighted by atomic mass is 16.3. The van der Waals surface area contributed by atoms with Crippen LogP contribution < -0.4 is 4.90 Å². The first-order chi connectivity index (χ1) is 34.0. The number of benzene rings is 11. The predicted octanol–water partition coefficient (Wildman–Crippen LogP) is 19.8. The molecule has 0 unspecified atom stereocenters. The minimum atomic E-state index is -0.0115. The molecule has 0 fully saturated rings. The fourth-order valence-corrected chi connectivity index (χ4v) is 10.7. The Hall–Kier alpha value is -8.20. The smallest absolute Gasteiger partial charge is 0.136 e. The van der Waals surface area contributed by atoms with Crippen LogP contribution >= 0.6 is 0 Å². The molecular weight excluding hydrogens is 847 g/mol. The molecule has 0 spiro atoms. The van der Waals surface area contributed by atoms with E-state index in [9.17, 15) is 0 Å². The lowest BCUT2D eigenvalue weighted by Crippen LogP contribution is -2.16. The zero-order valence-corrected chi connectivity index (χ0v) is 40.7. The summed E-state index contributed by atoms with van der Waals surface area (Å²) in [5.41, 5.74) is 17.2. The van der Waals surface area contributed by atoms with Crippen molar-refractivity contribution in [3.63, 3.8) is 0 Å². The van der Waals surface area contributed by atoms with Crippen molar-refractivity contribution in [1.82, 2.24) is 0 Å². The first-order valence-electron chi connectivity index (χ1n) is 24.6. The Morgan fingerprint density at radius 1 is 0.314 bits per heavy atom. The Labute approximate surface area is 411 Å². The molecule has 12 aromatic rings. The van der Waals surface area contributed by atoms with Crippen molar-refractivity contribution >= 4 is 71.3 Å². The van der Waals surface area contributed by atoms with E-state index in [4.69, 9.17) is 4.42 Å². The molecule has 1 aromatic heterocycles. The van der Waals surface area contributed by atoms with E-state index in [1.165, 1.54) is 71.3 Å². The fraction of sp³-hybridized carbons (Fsp3) is 0.118. The summed E-state index contributed by atoms with van der Waals surface area (Å²) in [5, 5.41) is 9.77. The molecule has 0 amide bonds. The molecule has 2 nitrogen and oxygen atoms in total. The molecule has 0 saturated heterocycles. The van der Waals surface area contributed by atoms with Crippen molar-refractivity contribution in [3.8, 4) is 44.5 Å². The van der Waals surface area contributed by atoms with E-state index in [1.54, 1.807) is 0 Å². The van der Waals surface area contributed by atoms with Gasteiger partial charge in [-0.1, -0.05) is 224 Å². The fourth-order valence-electron chi connectivity index (χ4n) is 10.7. The molecule has 11 aromatic carbocycles. The predicted molar refractivity (Wildman–Crippen MR) is 300 cm³/mol. The van der Waals surface area contributed by atoms with E-state index in [1.807, 2.05) is 6.07 Å². The van der Waals surface area contributed by atoms with Crippen LogP contribution in [0.2, 0.25) is 0 Å². The Kier molecular flexibility index (Phi) is 10.3. The van der Waals surface area contributed by atoms with Crippen LogP contribution in [0.1, 0.15) is 52.7 Å². The molecule has 0 radical (unpaired) electrons. The van der Waals surface area contributed by atoms with Gasteiger partial charge in [0.2, 0.25) is 0 Å². The number of hydrogen-bond donors (Lipinski definition) is 0. The van der Waals surface area contributed by atoms with Gasteiger partial charge in [0.05, 0.1) is 5.69 Å². The number of furan rings is 1. The summed E-state index contributed by atoms with van der Waals surface area (Å²) in [6, 6.07) is 82.6. The highest BCUT2D eigenvalue weighted by molar-refractivity contribution is 6.14. The largest absolute Gasteiger partial charge is 0.456 e. The summed E-state index contributed by atoms with van der Waals surface area (Å²) < 4.78 is 6.33. The van der Waals surface area contributed by atoms with Crippen LogP contribution in [-0.2, 0) is 10.8 Å². The first-order valence-corrected chi connectivity index (χ1v) is 24.6. The Balaban J connectivity index is 1.04. The summed E-state index contributed by atoms with van der Waals surface area (Å²) in [7, 11) is 0. The van der Waals surface area contributed by atoms with Crippen LogP contribution in [0.15, 0.2) is 229 Å². The average molecular weight is 902 g/mol. The van der Waals surface area contributed by atoms with Gasteiger partial charge in [0.25, 0.3) is 0 Å². The van der Waals surface area contributed by atoms with E-state index < -0.39 is 0 Å². The second-order valence-corrected chi connectivity index (χ2v) is 20.9. The van der Waals surface area contributed by atoms with Crippen LogP contribution in [0.3, 0.4) is 0 Å². The Morgan fingerprint density at radius 3 is 1.51 bits per heavy atom. The lowest BCUT2D eigenvalue weighted by Gasteiger charge is -2.29. The summed E-state index contributed by atoms with van der Waals surface area (Å²) in [5.74, 6) is 0. The van der Waals surface area contributed by atoms with Gasteiger partial charge in [0.1, 0.15) is 11.2 Å². The van der Waals surface area contributed by atoms with Gasteiger partial charge >= 0.3 is 0 Å². The lowest BCUT2D eigenvalue weighted by atomic mass is 9.78. The van der Waals surface area contributed by atoms with Gasteiger partial charge in [-0.2, -0.15) is 0 Å². The number of anilines is 3. The topological polar surface area (TPSA) is 16.4 Å². The molecular formula is C68H55NO. The number of hydrogen-bond acceptors (Lipinski definition) is 2. The van der Waals surface area contributed by atoms with Crippen LogP contribution in [-0.4, -0.2) is 0 Å². The summed E-state index contributed by atoms with van der Waals surface area (Å²) >= 11 is 0. The highest BCUT2D eigenvalue weighted by Crippen LogP contribution is 2.47. The molecule has 70 heavy (non-hydrogen) atoms. The van der Waals surface area contributed by atoms with E-state index >= 15 is 0 Å². The van der Waals surface area contributed by atoms with Crippen molar-refractivity contribution < 1.29 is 4.42 Å². The number of fused-ring (bicyclic) bond motifs is 7. The van der Waals surface area contributed by atoms with Gasteiger partial charge in [-0.25, -0.2) is 0 Å². The maximum atomic E-state index is 6.33. The SMILES string of the molecule is CC(C)(C)c1cc(-c2cccc3cccc(-c4ccccc4N(c4ccc(-c5cccc6c5ccc5ccccc56)cc4)c4ccc(-c5cccc6oc7ccccc7c56)cc4)c23)cc(C(C)(C)C)c1. The summed E-state index contributed by atoms with van der Waals surface area (Å²) in [6.45, 7) is 13.9. The highest BCUT2D eigenvalue weighted by Gasteiger charge is 2.24. The van der Waals surface area contributed by atoms with E-state index in [0.29, 0.717) is 0 Å². The van der Waals surface area contributed by atoms with E-state index in [-0.39, 0.29) is 10.8 Å².